The van der Waals surface area contributed by atoms with E-state index in [1.165, 1.54) is 0 Å². The minimum absolute atomic E-state index is 0.383. The van der Waals surface area contributed by atoms with Crippen LogP contribution in [0.3, 0.4) is 0 Å². The Hall–Kier alpha value is -1.82. The maximum Gasteiger partial charge on any atom is 0.131 e. The average Bonchev–Trinajstić information content (AvgIpc) is 2.70. The van der Waals surface area contributed by atoms with Crippen molar-refractivity contribution in [3.05, 3.63) is 45.7 Å². The smallest absolute Gasteiger partial charge is 0.131 e. The van der Waals surface area contributed by atoms with E-state index in [4.69, 9.17) is 9.94 Å². The Balaban J connectivity index is 2.24. The molecule has 0 aliphatic rings. The average molecular weight is 338 g/mol. The van der Waals surface area contributed by atoms with E-state index in [-0.39, 0.29) is 0 Å². The maximum atomic E-state index is 8.90. The number of benzene rings is 1. The molecule has 0 amide bonds. The number of aryl methyl sites for hydroxylation is 2. The Morgan fingerprint density at radius 3 is 2.75 bits per heavy atom. The van der Waals surface area contributed by atoms with E-state index in [1.54, 1.807) is 11.6 Å². The largest absolute Gasteiger partial charge is 0.487 e. The van der Waals surface area contributed by atoms with Crippen LogP contribution in [-0.4, -0.2) is 20.7 Å². The Morgan fingerprint density at radius 2 is 2.15 bits per heavy atom. The van der Waals surface area contributed by atoms with Gasteiger partial charge in [0.15, 0.2) is 0 Å². The van der Waals surface area contributed by atoms with Gasteiger partial charge < -0.3 is 9.94 Å². The van der Waals surface area contributed by atoms with Crippen LogP contribution in [-0.2, 0) is 13.7 Å². The van der Waals surface area contributed by atoms with E-state index < -0.39 is 0 Å². The van der Waals surface area contributed by atoms with Crippen LogP contribution in [0, 0.1) is 6.92 Å². The molecule has 0 atom stereocenters. The quantitative estimate of drug-likeness (QED) is 0.529. The molecular weight excluding hydrogens is 322 g/mol. The first-order valence-corrected chi connectivity index (χ1v) is 6.92. The molecule has 0 aliphatic carbocycles. The van der Waals surface area contributed by atoms with Gasteiger partial charge in [0, 0.05) is 12.6 Å². The number of hydrogen-bond donors (Lipinski definition) is 1. The third-order valence-corrected chi connectivity index (χ3v) is 4.08. The van der Waals surface area contributed by atoms with E-state index in [0.29, 0.717) is 18.1 Å². The molecule has 1 aromatic carbocycles. The summed E-state index contributed by atoms with van der Waals surface area (Å²) in [5, 5.41) is 16.4. The standard InChI is InChI=1S/C14H16BrN3O2/c1-9(17-19)11-6-4-5-7-13(11)20-8-12-14(15)10(2)16-18(12)3/h4-7,19H,8H2,1-3H3. The summed E-state index contributed by atoms with van der Waals surface area (Å²) in [6.45, 7) is 4.05. The Morgan fingerprint density at radius 1 is 1.45 bits per heavy atom. The second-order valence-electron chi connectivity index (χ2n) is 4.44. The summed E-state index contributed by atoms with van der Waals surface area (Å²) in [7, 11) is 1.88. The van der Waals surface area contributed by atoms with E-state index in [0.717, 1.165) is 21.4 Å². The zero-order valence-electron chi connectivity index (χ0n) is 11.6. The van der Waals surface area contributed by atoms with Gasteiger partial charge in [-0.05, 0) is 41.9 Å². The monoisotopic (exact) mass is 337 g/mol. The van der Waals surface area contributed by atoms with Gasteiger partial charge in [-0.15, -0.1) is 0 Å². The topological polar surface area (TPSA) is 59.6 Å². The van der Waals surface area contributed by atoms with Gasteiger partial charge in [0.05, 0.1) is 21.6 Å². The van der Waals surface area contributed by atoms with Gasteiger partial charge in [-0.25, -0.2) is 0 Å². The minimum atomic E-state index is 0.383. The molecule has 1 heterocycles. The third kappa shape index (κ3) is 2.85. The van der Waals surface area contributed by atoms with Gasteiger partial charge in [0.1, 0.15) is 12.4 Å². The van der Waals surface area contributed by atoms with Crippen LogP contribution in [0.25, 0.3) is 0 Å². The molecule has 1 N–H and O–H groups in total. The number of halogens is 1. The Kier molecular flexibility index (Phi) is 4.44. The number of hydrogen-bond acceptors (Lipinski definition) is 4. The molecule has 0 fully saturated rings. The Labute approximate surface area is 126 Å². The molecule has 0 saturated carbocycles. The second-order valence-corrected chi connectivity index (χ2v) is 5.23. The summed E-state index contributed by atoms with van der Waals surface area (Å²) in [5.74, 6) is 0.675. The number of rotatable bonds is 4. The predicted molar refractivity (Wildman–Crippen MR) is 80.4 cm³/mol. The first kappa shape index (κ1) is 14.6. The molecule has 0 unspecified atom stereocenters. The number of nitrogens with zero attached hydrogens (tertiary/aromatic N) is 3. The van der Waals surface area contributed by atoms with Crippen molar-refractivity contribution in [2.24, 2.45) is 12.2 Å². The minimum Gasteiger partial charge on any atom is -0.487 e. The lowest BCUT2D eigenvalue weighted by molar-refractivity contribution is 0.292. The SMILES string of the molecule is CC(=NO)c1ccccc1OCc1c(Br)c(C)nn1C. The molecule has 5 nitrogen and oxygen atoms in total. The lowest BCUT2D eigenvalue weighted by Gasteiger charge is -2.11. The molecule has 0 bridgehead atoms. The fourth-order valence-corrected chi connectivity index (χ4v) is 2.38. The molecule has 1 aromatic heterocycles. The highest BCUT2D eigenvalue weighted by atomic mass is 79.9. The number of ether oxygens (including phenoxy) is 1. The molecule has 0 saturated heterocycles. The lowest BCUT2D eigenvalue weighted by Crippen LogP contribution is -2.06. The molecule has 6 heteroatoms. The van der Waals surface area contributed by atoms with Crippen LogP contribution in [0.4, 0.5) is 0 Å². The number of aromatic nitrogens is 2. The third-order valence-electron chi connectivity index (χ3n) is 3.05. The highest BCUT2D eigenvalue weighted by molar-refractivity contribution is 9.10. The molecule has 0 aliphatic heterocycles. The van der Waals surface area contributed by atoms with Gasteiger partial charge in [-0.3, -0.25) is 4.68 Å². The van der Waals surface area contributed by atoms with Crippen molar-refractivity contribution in [2.45, 2.75) is 20.5 Å². The molecule has 2 rings (SSSR count). The maximum absolute atomic E-state index is 8.90. The number of para-hydroxylation sites is 1. The number of oxime groups is 1. The van der Waals surface area contributed by atoms with E-state index in [1.807, 2.05) is 38.2 Å². The molecule has 0 spiro atoms. The van der Waals surface area contributed by atoms with Gasteiger partial charge in [0.2, 0.25) is 0 Å². The normalized spacial score (nSPS) is 11.7. The summed E-state index contributed by atoms with van der Waals surface area (Å²) in [6.07, 6.45) is 0. The second kappa shape index (κ2) is 6.09. The lowest BCUT2D eigenvalue weighted by atomic mass is 10.1. The van der Waals surface area contributed by atoms with E-state index in [9.17, 15) is 0 Å². The van der Waals surface area contributed by atoms with Crippen LogP contribution in [0.15, 0.2) is 33.9 Å². The molecule has 20 heavy (non-hydrogen) atoms. The van der Waals surface area contributed by atoms with E-state index in [2.05, 4.69) is 26.2 Å². The summed E-state index contributed by atoms with van der Waals surface area (Å²) in [4.78, 5) is 0. The summed E-state index contributed by atoms with van der Waals surface area (Å²) in [6, 6.07) is 7.46. The van der Waals surface area contributed by atoms with Crippen molar-refractivity contribution in [3.63, 3.8) is 0 Å². The Bertz CT molecular complexity index is 650. The van der Waals surface area contributed by atoms with Crippen molar-refractivity contribution >= 4 is 21.6 Å². The van der Waals surface area contributed by atoms with Gasteiger partial charge >= 0.3 is 0 Å². The zero-order valence-corrected chi connectivity index (χ0v) is 13.2. The fourth-order valence-electron chi connectivity index (χ4n) is 1.93. The predicted octanol–water partition coefficient (Wildman–Crippen LogP) is 3.27. The first-order chi connectivity index (χ1) is 9.54. The van der Waals surface area contributed by atoms with Crippen LogP contribution < -0.4 is 4.74 Å². The van der Waals surface area contributed by atoms with Crippen molar-refractivity contribution in [1.29, 1.82) is 0 Å². The van der Waals surface area contributed by atoms with Crippen LogP contribution in [0.5, 0.6) is 5.75 Å². The van der Waals surface area contributed by atoms with Crippen molar-refractivity contribution in [1.82, 2.24) is 9.78 Å². The van der Waals surface area contributed by atoms with Crippen molar-refractivity contribution in [2.75, 3.05) is 0 Å². The fraction of sp³-hybridized carbons (Fsp3) is 0.286. The van der Waals surface area contributed by atoms with Crippen LogP contribution >= 0.6 is 15.9 Å². The van der Waals surface area contributed by atoms with Crippen LogP contribution in [0.2, 0.25) is 0 Å². The molecule has 0 radical (unpaired) electrons. The highest BCUT2D eigenvalue weighted by Crippen LogP contribution is 2.24. The van der Waals surface area contributed by atoms with Gasteiger partial charge in [-0.1, -0.05) is 17.3 Å². The van der Waals surface area contributed by atoms with Crippen molar-refractivity contribution in [3.8, 4) is 5.75 Å². The van der Waals surface area contributed by atoms with Gasteiger partial charge in [-0.2, -0.15) is 5.10 Å². The van der Waals surface area contributed by atoms with Crippen LogP contribution in [0.1, 0.15) is 23.9 Å². The molecule has 2 aromatic rings. The summed E-state index contributed by atoms with van der Waals surface area (Å²) >= 11 is 3.51. The molecule has 106 valence electrons. The summed E-state index contributed by atoms with van der Waals surface area (Å²) < 4.78 is 8.57. The van der Waals surface area contributed by atoms with Crippen molar-refractivity contribution < 1.29 is 9.94 Å². The highest BCUT2D eigenvalue weighted by Gasteiger charge is 2.13. The zero-order chi connectivity index (χ0) is 14.7. The van der Waals surface area contributed by atoms with Gasteiger partial charge in [0.25, 0.3) is 0 Å². The molecular formula is C14H16BrN3O2. The first-order valence-electron chi connectivity index (χ1n) is 6.13. The van der Waals surface area contributed by atoms with E-state index >= 15 is 0 Å². The summed E-state index contributed by atoms with van der Waals surface area (Å²) in [5.41, 5.74) is 3.16.